The van der Waals surface area contributed by atoms with Crippen molar-refractivity contribution in [3.63, 3.8) is 0 Å². The van der Waals surface area contributed by atoms with E-state index in [1.54, 1.807) is 23.0 Å². The number of fused-ring (bicyclic) bond motifs is 1. The summed E-state index contributed by atoms with van der Waals surface area (Å²) in [6.45, 7) is 0.482. The van der Waals surface area contributed by atoms with Gasteiger partial charge in [0.2, 0.25) is 0 Å². The van der Waals surface area contributed by atoms with E-state index in [-0.39, 0.29) is 0 Å². The van der Waals surface area contributed by atoms with E-state index in [0.29, 0.717) is 34.2 Å². The second-order valence-electron chi connectivity index (χ2n) is 7.10. The average molecular weight is 395 g/mol. The number of benzene rings is 1. The quantitative estimate of drug-likeness (QED) is 0.853. The van der Waals surface area contributed by atoms with Crippen LogP contribution in [0.1, 0.15) is 37.8 Å². The molecule has 4 rings (SSSR count). The van der Waals surface area contributed by atoms with Crippen LogP contribution in [0, 0.1) is 5.92 Å². The van der Waals surface area contributed by atoms with Gasteiger partial charge in [-0.15, -0.1) is 5.10 Å². The fourth-order valence-corrected chi connectivity index (χ4v) is 4.75. The average Bonchev–Trinajstić information content (AvgIpc) is 3.23. The van der Waals surface area contributed by atoms with Crippen molar-refractivity contribution in [1.82, 2.24) is 19.9 Å². The third-order valence-electron chi connectivity index (χ3n) is 5.57. The zero-order valence-corrected chi connectivity index (χ0v) is 15.7. The van der Waals surface area contributed by atoms with Gasteiger partial charge in [0.15, 0.2) is 0 Å². The van der Waals surface area contributed by atoms with Gasteiger partial charge < -0.3 is 5.11 Å². The van der Waals surface area contributed by atoms with Crippen LogP contribution in [0.4, 0.5) is 0 Å². The van der Waals surface area contributed by atoms with Crippen molar-refractivity contribution in [2.45, 2.75) is 50.7 Å². The van der Waals surface area contributed by atoms with Crippen LogP contribution in [0.3, 0.4) is 0 Å². The molecule has 0 spiro atoms. The summed E-state index contributed by atoms with van der Waals surface area (Å²) >= 11 is 12.3. The fraction of sp³-hybridized carbons (Fsp3) is 0.500. The van der Waals surface area contributed by atoms with Crippen LogP contribution in [-0.4, -0.2) is 43.1 Å². The molecule has 6 nitrogen and oxygen atoms in total. The van der Waals surface area contributed by atoms with Crippen LogP contribution >= 0.6 is 23.2 Å². The van der Waals surface area contributed by atoms with Gasteiger partial charge >= 0.3 is 5.97 Å². The monoisotopic (exact) mass is 394 g/mol. The topological polar surface area (TPSA) is 71.2 Å². The van der Waals surface area contributed by atoms with Gasteiger partial charge in [0.05, 0.1) is 27.6 Å². The van der Waals surface area contributed by atoms with Crippen molar-refractivity contribution in [2.24, 2.45) is 5.92 Å². The zero-order valence-electron chi connectivity index (χ0n) is 14.2. The van der Waals surface area contributed by atoms with Crippen molar-refractivity contribution in [2.75, 3.05) is 0 Å². The number of hydrogen-bond acceptors (Lipinski definition) is 4. The Labute approximate surface area is 161 Å². The Morgan fingerprint density at radius 2 is 2.08 bits per heavy atom. The van der Waals surface area contributed by atoms with E-state index in [4.69, 9.17) is 23.2 Å². The van der Waals surface area contributed by atoms with Crippen LogP contribution in [0.15, 0.2) is 24.4 Å². The first-order chi connectivity index (χ1) is 12.5. The molecule has 0 bridgehead atoms. The molecule has 1 N–H and O–H groups in total. The molecule has 1 saturated heterocycles. The highest BCUT2D eigenvalue weighted by Gasteiger charge is 2.45. The molecule has 2 fully saturated rings. The Kier molecular flexibility index (Phi) is 4.90. The molecule has 8 heteroatoms. The Hall–Kier alpha value is -1.63. The molecule has 2 heterocycles. The lowest BCUT2D eigenvalue weighted by molar-refractivity contribution is -0.142. The molecule has 0 amide bonds. The maximum atomic E-state index is 11.7. The summed E-state index contributed by atoms with van der Waals surface area (Å²) in [7, 11) is 0. The first-order valence-corrected chi connectivity index (χ1v) is 9.64. The van der Waals surface area contributed by atoms with Crippen LogP contribution in [-0.2, 0) is 11.3 Å². The lowest BCUT2D eigenvalue weighted by atomic mass is 9.85. The van der Waals surface area contributed by atoms with Gasteiger partial charge in [0.1, 0.15) is 6.04 Å². The molecule has 26 heavy (non-hydrogen) atoms. The summed E-state index contributed by atoms with van der Waals surface area (Å²) in [6, 6.07) is 5.22. The normalized spacial score (nSPS) is 26.0. The number of carboxylic acids is 1. The number of hydrogen-bond donors (Lipinski definition) is 1. The highest BCUT2D eigenvalue weighted by atomic mass is 35.5. The summed E-state index contributed by atoms with van der Waals surface area (Å²) < 4.78 is 1.59. The Morgan fingerprint density at radius 1 is 1.27 bits per heavy atom. The van der Waals surface area contributed by atoms with Gasteiger partial charge in [0, 0.05) is 12.6 Å². The number of aromatic nitrogens is 3. The van der Waals surface area contributed by atoms with E-state index in [0.717, 1.165) is 31.4 Å². The zero-order chi connectivity index (χ0) is 18.3. The minimum Gasteiger partial charge on any atom is -0.480 e. The summed E-state index contributed by atoms with van der Waals surface area (Å²) in [5.41, 5.74) is 1.39. The highest BCUT2D eigenvalue weighted by molar-refractivity contribution is 6.43. The first-order valence-electron chi connectivity index (χ1n) is 8.88. The van der Waals surface area contributed by atoms with E-state index in [1.807, 2.05) is 6.07 Å². The lowest BCUT2D eigenvalue weighted by Gasteiger charge is -2.32. The van der Waals surface area contributed by atoms with Gasteiger partial charge in [-0.2, -0.15) is 0 Å². The number of aliphatic carboxylic acids is 1. The molecular weight excluding hydrogens is 375 g/mol. The van der Waals surface area contributed by atoms with E-state index < -0.39 is 12.0 Å². The number of rotatable bonds is 4. The smallest absolute Gasteiger partial charge is 0.320 e. The molecule has 1 aromatic carbocycles. The minimum absolute atomic E-state index is 0.324. The molecule has 2 aromatic rings. The molecule has 138 valence electrons. The maximum Gasteiger partial charge on any atom is 0.320 e. The van der Waals surface area contributed by atoms with Crippen molar-refractivity contribution in [1.29, 1.82) is 0 Å². The SMILES string of the molecule is O=C(O)C1CC2CCCCC2N1Cc1cn(-c2cccc(Cl)c2Cl)nn1. The first kappa shape index (κ1) is 17.8. The minimum atomic E-state index is -0.746. The summed E-state index contributed by atoms with van der Waals surface area (Å²) in [5, 5.41) is 18.9. The lowest BCUT2D eigenvalue weighted by Crippen LogP contribution is -2.41. The van der Waals surface area contributed by atoms with E-state index in [2.05, 4.69) is 15.2 Å². The van der Waals surface area contributed by atoms with Crippen molar-refractivity contribution >= 4 is 29.2 Å². The van der Waals surface area contributed by atoms with Crippen LogP contribution < -0.4 is 0 Å². The van der Waals surface area contributed by atoms with E-state index in [1.165, 1.54) is 6.42 Å². The van der Waals surface area contributed by atoms with Crippen molar-refractivity contribution < 1.29 is 9.90 Å². The molecular formula is C18H20Cl2N4O2. The van der Waals surface area contributed by atoms with E-state index in [9.17, 15) is 9.90 Å². The number of halogens is 2. The molecule has 2 aliphatic rings. The molecule has 1 aromatic heterocycles. The highest BCUT2D eigenvalue weighted by Crippen LogP contribution is 2.40. The van der Waals surface area contributed by atoms with Gasteiger partial charge in [-0.05, 0) is 37.3 Å². The second kappa shape index (κ2) is 7.18. The predicted molar refractivity (Wildman–Crippen MR) is 98.7 cm³/mol. The Morgan fingerprint density at radius 3 is 2.88 bits per heavy atom. The number of nitrogens with zero attached hydrogens (tertiary/aromatic N) is 4. The predicted octanol–water partition coefficient (Wildman–Crippen LogP) is 3.79. The van der Waals surface area contributed by atoms with Gasteiger partial charge in [0.25, 0.3) is 0 Å². The molecule has 1 saturated carbocycles. The molecule has 1 aliphatic heterocycles. The molecule has 3 atom stereocenters. The van der Waals surface area contributed by atoms with Gasteiger partial charge in [-0.25, -0.2) is 4.68 Å². The number of carboxylic acid groups (broad SMARTS) is 1. The van der Waals surface area contributed by atoms with E-state index >= 15 is 0 Å². The third kappa shape index (κ3) is 3.21. The summed E-state index contributed by atoms with van der Waals surface area (Å²) in [6.07, 6.45) is 7.07. The largest absolute Gasteiger partial charge is 0.480 e. The third-order valence-corrected chi connectivity index (χ3v) is 6.38. The van der Waals surface area contributed by atoms with Crippen LogP contribution in [0.5, 0.6) is 0 Å². The second-order valence-corrected chi connectivity index (χ2v) is 7.89. The number of carbonyl (C=O) groups is 1. The molecule has 1 aliphatic carbocycles. The maximum absolute atomic E-state index is 11.7. The van der Waals surface area contributed by atoms with Crippen LogP contribution in [0.2, 0.25) is 10.0 Å². The van der Waals surface area contributed by atoms with Crippen LogP contribution in [0.25, 0.3) is 5.69 Å². The van der Waals surface area contributed by atoms with Gasteiger partial charge in [-0.1, -0.05) is 47.3 Å². The molecule has 3 unspecified atom stereocenters. The summed E-state index contributed by atoms with van der Waals surface area (Å²) in [4.78, 5) is 13.8. The van der Waals surface area contributed by atoms with Gasteiger partial charge in [-0.3, -0.25) is 9.69 Å². The Bertz CT molecular complexity index is 825. The fourth-order valence-electron chi connectivity index (χ4n) is 4.37. The summed E-state index contributed by atoms with van der Waals surface area (Å²) in [5.74, 6) is -0.271. The standard InChI is InChI=1S/C18H20Cl2N4O2/c19-13-5-3-7-15(17(13)20)24-10-12(21-22-24)9-23-14-6-2-1-4-11(14)8-16(23)18(25)26/h3,5,7,10-11,14,16H,1-2,4,6,8-9H2,(H,25,26). The van der Waals surface area contributed by atoms with Crippen molar-refractivity contribution in [3.8, 4) is 5.69 Å². The number of likely N-dealkylation sites (tertiary alicyclic amines) is 1. The Balaban J connectivity index is 1.58. The van der Waals surface area contributed by atoms with Crippen molar-refractivity contribution in [3.05, 3.63) is 40.1 Å². The molecule has 0 radical (unpaired) electrons.